The van der Waals surface area contributed by atoms with Gasteiger partial charge in [0.25, 0.3) is 5.56 Å². The van der Waals surface area contributed by atoms with E-state index in [1.165, 1.54) is 11.8 Å². The molecule has 0 fully saturated rings. The van der Waals surface area contributed by atoms with E-state index in [4.69, 9.17) is 0 Å². The van der Waals surface area contributed by atoms with Gasteiger partial charge in [-0.3, -0.25) is 18.6 Å². The summed E-state index contributed by atoms with van der Waals surface area (Å²) in [6.45, 7) is 5.28. The second-order valence-electron chi connectivity index (χ2n) is 7.56. The first-order chi connectivity index (χ1) is 15.7. The highest BCUT2D eigenvalue weighted by Gasteiger charge is 2.19. The quantitative estimate of drug-likeness (QED) is 0.280. The van der Waals surface area contributed by atoms with Crippen molar-refractivity contribution in [1.29, 1.82) is 0 Å². The number of carbonyl (C=O) groups is 1. The zero-order valence-electron chi connectivity index (χ0n) is 18.4. The fourth-order valence-electron chi connectivity index (χ4n) is 3.86. The largest absolute Gasteiger partial charge is 0.312 e. The van der Waals surface area contributed by atoms with Crippen LogP contribution in [-0.4, -0.2) is 37.4 Å². The van der Waals surface area contributed by atoms with Gasteiger partial charge in [-0.15, -0.1) is 10.2 Å². The molecule has 0 atom stereocenters. The molecule has 0 radical (unpaired) electrons. The van der Waals surface area contributed by atoms with E-state index >= 15 is 0 Å². The molecule has 0 aliphatic rings. The van der Waals surface area contributed by atoms with Crippen molar-refractivity contribution in [2.75, 3.05) is 17.2 Å². The third kappa shape index (κ3) is 4.27. The fraction of sp³-hybridized carbons (Fsp3) is 0.333. The van der Waals surface area contributed by atoms with Crippen LogP contribution in [0.3, 0.4) is 0 Å². The number of rotatable bonds is 9. The van der Waals surface area contributed by atoms with E-state index < -0.39 is 0 Å². The maximum Gasteiger partial charge on any atom is 0.262 e. The van der Waals surface area contributed by atoms with Gasteiger partial charge < -0.3 is 4.90 Å². The molecule has 166 valence electrons. The lowest BCUT2D eigenvalue weighted by Gasteiger charge is -2.20. The Morgan fingerprint density at radius 1 is 1.00 bits per heavy atom. The van der Waals surface area contributed by atoms with Crippen LogP contribution < -0.4 is 10.5 Å². The molecular formula is C24H27N5O2S. The molecule has 0 spiro atoms. The highest BCUT2D eigenvalue weighted by Crippen LogP contribution is 2.23. The molecule has 7 nitrogen and oxygen atoms in total. The third-order valence-electron chi connectivity index (χ3n) is 5.47. The van der Waals surface area contributed by atoms with Crippen molar-refractivity contribution < 1.29 is 4.79 Å². The Labute approximate surface area is 191 Å². The highest BCUT2D eigenvalue weighted by molar-refractivity contribution is 7.99. The lowest BCUT2D eigenvalue weighted by atomic mass is 10.2. The van der Waals surface area contributed by atoms with Gasteiger partial charge in [0.1, 0.15) is 0 Å². The average molecular weight is 450 g/mol. The number of hydrogen-bond donors (Lipinski definition) is 0. The number of carbonyl (C=O) groups excluding carboxylic acids is 1. The molecule has 4 rings (SSSR count). The Balaban J connectivity index is 1.68. The van der Waals surface area contributed by atoms with Crippen molar-refractivity contribution in [1.82, 2.24) is 19.2 Å². The molecule has 8 heteroatoms. The van der Waals surface area contributed by atoms with Crippen molar-refractivity contribution in [3.63, 3.8) is 0 Å². The Bertz CT molecular complexity index is 1280. The normalized spacial score (nSPS) is 11.3. The molecular weight excluding hydrogens is 422 g/mol. The number of amides is 1. The number of unbranched alkanes of at least 4 members (excludes halogenated alkanes) is 2. The summed E-state index contributed by atoms with van der Waals surface area (Å²) in [5.41, 5.74) is 1.59. The summed E-state index contributed by atoms with van der Waals surface area (Å²) in [6, 6.07) is 17.1. The molecule has 0 aliphatic carbocycles. The summed E-state index contributed by atoms with van der Waals surface area (Å²) in [7, 11) is 0. The van der Waals surface area contributed by atoms with E-state index in [1.54, 1.807) is 9.47 Å². The van der Waals surface area contributed by atoms with Crippen LogP contribution in [0.2, 0.25) is 0 Å². The molecule has 2 heterocycles. The number of benzene rings is 2. The van der Waals surface area contributed by atoms with Crippen LogP contribution in [0.4, 0.5) is 5.69 Å². The number of aryl methyl sites for hydroxylation is 1. The van der Waals surface area contributed by atoms with Crippen molar-refractivity contribution in [2.45, 2.75) is 44.8 Å². The number of fused-ring (bicyclic) bond motifs is 3. The molecule has 0 saturated heterocycles. The Kier molecular flexibility index (Phi) is 6.90. The number of para-hydroxylation sites is 2. The Morgan fingerprint density at radius 3 is 2.50 bits per heavy atom. The smallest absolute Gasteiger partial charge is 0.262 e. The number of nitrogens with zero attached hydrogens (tertiary/aromatic N) is 5. The van der Waals surface area contributed by atoms with Gasteiger partial charge in [0.2, 0.25) is 11.7 Å². The second kappa shape index (κ2) is 9.99. The lowest BCUT2D eigenvalue weighted by molar-refractivity contribution is -0.116. The highest BCUT2D eigenvalue weighted by atomic mass is 32.2. The average Bonchev–Trinajstić information content (AvgIpc) is 3.25. The van der Waals surface area contributed by atoms with E-state index in [2.05, 4.69) is 17.1 Å². The predicted molar refractivity (Wildman–Crippen MR) is 129 cm³/mol. The monoisotopic (exact) mass is 449 g/mol. The first-order valence-electron chi connectivity index (χ1n) is 11.0. The standard InChI is InChI=1S/C24H27N5O2S/c1-3-5-11-16-28-22(31)19-14-9-10-15-20(19)29-23(28)25-26-24(29)32-17-21(30)27(4-2)18-12-7-6-8-13-18/h6-10,12-15H,3-5,11,16-17H2,1-2H3. The molecule has 0 unspecified atom stereocenters. The molecule has 32 heavy (non-hydrogen) atoms. The Morgan fingerprint density at radius 2 is 1.75 bits per heavy atom. The van der Waals surface area contributed by atoms with Crippen molar-refractivity contribution >= 4 is 40.0 Å². The molecule has 0 bridgehead atoms. The van der Waals surface area contributed by atoms with Gasteiger partial charge in [0.15, 0.2) is 5.16 Å². The van der Waals surface area contributed by atoms with Crippen molar-refractivity contribution in [3.05, 3.63) is 65.0 Å². The second-order valence-corrected chi connectivity index (χ2v) is 8.50. The van der Waals surface area contributed by atoms with Gasteiger partial charge in [0.05, 0.1) is 16.7 Å². The number of anilines is 1. The van der Waals surface area contributed by atoms with Crippen molar-refractivity contribution in [2.24, 2.45) is 0 Å². The van der Waals surface area contributed by atoms with Crippen LogP contribution in [0, 0.1) is 0 Å². The van der Waals surface area contributed by atoms with Gasteiger partial charge in [-0.2, -0.15) is 0 Å². The minimum atomic E-state index is -0.0505. The molecule has 4 aromatic rings. The number of aromatic nitrogens is 4. The topological polar surface area (TPSA) is 72.5 Å². The van der Waals surface area contributed by atoms with E-state index in [-0.39, 0.29) is 17.2 Å². The zero-order chi connectivity index (χ0) is 22.5. The molecule has 2 aromatic heterocycles. The molecule has 1 amide bonds. The van der Waals surface area contributed by atoms with Crippen molar-refractivity contribution in [3.8, 4) is 0 Å². The molecule has 0 aliphatic heterocycles. The fourth-order valence-corrected chi connectivity index (χ4v) is 4.68. The predicted octanol–water partition coefficient (Wildman–Crippen LogP) is 4.38. The summed E-state index contributed by atoms with van der Waals surface area (Å²) < 4.78 is 3.61. The van der Waals surface area contributed by atoms with Crippen LogP contribution in [0.15, 0.2) is 64.5 Å². The van der Waals surface area contributed by atoms with Crippen LogP contribution >= 0.6 is 11.8 Å². The van der Waals surface area contributed by atoms with Gasteiger partial charge in [0, 0.05) is 18.8 Å². The minimum Gasteiger partial charge on any atom is -0.312 e. The maximum absolute atomic E-state index is 13.1. The number of hydrogen-bond acceptors (Lipinski definition) is 5. The van der Waals surface area contributed by atoms with Crippen LogP contribution in [0.1, 0.15) is 33.1 Å². The zero-order valence-corrected chi connectivity index (χ0v) is 19.2. The first-order valence-corrected chi connectivity index (χ1v) is 12.0. The van der Waals surface area contributed by atoms with E-state index in [1.807, 2.05) is 65.9 Å². The van der Waals surface area contributed by atoms with Gasteiger partial charge >= 0.3 is 0 Å². The lowest BCUT2D eigenvalue weighted by Crippen LogP contribution is -2.32. The third-order valence-corrected chi connectivity index (χ3v) is 6.39. The number of thioether (sulfide) groups is 1. The van der Waals surface area contributed by atoms with Crippen LogP contribution in [-0.2, 0) is 11.3 Å². The summed E-state index contributed by atoms with van der Waals surface area (Å²) in [5.74, 6) is 0.753. The first kappa shape index (κ1) is 22.1. The summed E-state index contributed by atoms with van der Waals surface area (Å²) >= 11 is 1.34. The molecule has 0 N–H and O–H groups in total. The maximum atomic E-state index is 13.1. The van der Waals surface area contributed by atoms with Gasteiger partial charge in [-0.25, -0.2) is 0 Å². The summed E-state index contributed by atoms with van der Waals surface area (Å²) in [4.78, 5) is 27.8. The van der Waals surface area contributed by atoms with E-state index in [9.17, 15) is 9.59 Å². The van der Waals surface area contributed by atoms with Crippen LogP contribution in [0.5, 0.6) is 0 Å². The molecule has 2 aromatic carbocycles. The van der Waals surface area contributed by atoms with E-state index in [0.29, 0.717) is 29.4 Å². The molecule has 0 saturated carbocycles. The minimum absolute atomic E-state index is 0.000947. The summed E-state index contributed by atoms with van der Waals surface area (Å²) in [5, 5.41) is 9.93. The van der Waals surface area contributed by atoms with Crippen LogP contribution in [0.25, 0.3) is 16.7 Å². The van der Waals surface area contributed by atoms with Gasteiger partial charge in [-0.1, -0.05) is 61.9 Å². The van der Waals surface area contributed by atoms with Gasteiger partial charge in [-0.05, 0) is 37.6 Å². The Hall–Kier alpha value is -3.13. The SMILES string of the molecule is CCCCCn1c(=O)c2ccccc2n2c(SCC(=O)N(CC)c3ccccc3)nnc12. The summed E-state index contributed by atoms with van der Waals surface area (Å²) in [6.07, 6.45) is 3.02. The van der Waals surface area contributed by atoms with E-state index in [0.717, 1.165) is 30.5 Å².